The summed E-state index contributed by atoms with van der Waals surface area (Å²) < 4.78 is 18.4. The normalized spacial score (nSPS) is 44.1. The van der Waals surface area contributed by atoms with Gasteiger partial charge in [-0.1, -0.05) is 0 Å². The van der Waals surface area contributed by atoms with Gasteiger partial charge >= 0.3 is 19.8 Å². The van der Waals surface area contributed by atoms with Crippen molar-refractivity contribution in [3.05, 3.63) is 0 Å². The molecule has 98 valence electrons. The lowest BCUT2D eigenvalue weighted by Crippen LogP contribution is -2.49. The summed E-state index contributed by atoms with van der Waals surface area (Å²) in [4.78, 5) is 30.7. The SMILES string of the molecule is O=C1OP(=O)(O)OC(=O)C(O)C(O)C(O)C1O. The zero-order valence-electron chi connectivity index (χ0n) is 8.03. The average Bonchev–Trinajstić information content (AvgIpc) is 2.23. The summed E-state index contributed by atoms with van der Waals surface area (Å²) in [5.41, 5.74) is 0. The first-order chi connectivity index (χ1) is 7.65. The van der Waals surface area contributed by atoms with Gasteiger partial charge in [0.15, 0.2) is 12.2 Å². The molecule has 0 aromatic carbocycles. The van der Waals surface area contributed by atoms with Crippen LogP contribution in [0.1, 0.15) is 0 Å². The van der Waals surface area contributed by atoms with Gasteiger partial charge in [0.2, 0.25) is 0 Å². The maximum absolute atomic E-state index is 11.0. The van der Waals surface area contributed by atoms with Crippen LogP contribution in [0, 0.1) is 0 Å². The Hall–Kier alpha value is -1.03. The van der Waals surface area contributed by atoms with Crippen LogP contribution in [0.25, 0.3) is 0 Å². The summed E-state index contributed by atoms with van der Waals surface area (Å²) in [5, 5.41) is 36.5. The van der Waals surface area contributed by atoms with Crippen molar-refractivity contribution in [2.75, 3.05) is 0 Å². The highest BCUT2D eigenvalue weighted by Crippen LogP contribution is 2.45. The summed E-state index contributed by atoms with van der Waals surface area (Å²) in [6.07, 6.45) is -9.42. The van der Waals surface area contributed by atoms with Crippen molar-refractivity contribution in [1.29, 1.82) is 0 Å². The molecule has 0 aromatic rings. The summed E-state index contributed by atoms with van der Waals surface area (Å²) in [5.74, 6) is -3.58. The smallest absolute Gasteiger partial charge is 0.387 e. The van der Waals surface area contributed by atoms with E-state index in [1.807, 2.05) is 0 Å². The maximum Gasteiger partial charge on any atom is 0.589 e. The highest BCUT2D eigenvalue weighted by atomic mass is 31.2. The second-order valence-electron chi connectivity index (χ2n) is 3.16. The lowest BCUT2D eigenvalue weighted by atomic mass is 10.0. The fourth-order valence-corrected chi connectivity index (χ4v) is 1.71. The standard InChI is InChI=1S/C6H9O10P/c7-1-2(8)4(10)6(12)16-17(13,14)15-5(11)3(1)9/h1-4,7-10H,(H,13,14). The molecule has 0 saturated carbocycles. The highest BCUT2D eigenvalue weighted by Gasteiger charge is 2.46. The molecule has 11 heteroatoms. The number of carbonyl (C=O) groups is 2. The van der Waals surface area contributed by atoms with E-state index in [0.717, 1.165) is 0 Å². The molecule has 1 aliphatic heterocycles. The molecule has 1 fully saturated rings. The van der Waals surface area contributed by atoms with E-state index < -0.39 is 44.2 Å². The Morgan fingerprint density at radius 3 is 1.47 bits per heavy atom. The largest absolute Gasteiger partial charge is 0.589 e. The predicted octanol–water partition coefficient (Wildman–Crippen LogP) is -3.37. The summed E-state index contributed by atoms with van der Waals surface area (Å²) in [6.45, 7) is 0. The minimum Gasteiger partial charge on any atom is -0.387 e. The Morgan fingerprint density at radius 2 is 1.18 bits per heavy atom. The molecule has 0 aliphatic carbocycles. The minimum atomic E-state index is -5.17. The molecule has 0 amide bonds. The molecule has 4 atom stereocenters. The van der Waals surface area contributed by atoms with E-state index in [0.29, 0.717) is 0 Å². The molecule has 0 aromatic heterocycles. The molecule has 10 nitrogen and oxygen atoms in total. The average molecular weight is 272 g/mol. The predicted molar refractivity (Wildman–Crippen MR) is 46.0 cm³/mol. The van der Waals surface area contributed by atoms with E-state index in [1.165, 1.54) is 0 Å². The van der Waals surface area contributed by atoms with Crippen molar-refractivity contribution in [3.8, 4) is 0 Å². The van der Waals surface area contributed by atoms with Crippen LogP contribution in [0.5, 0.6) is 0 Å². The molecule has 1 saturated heterocycles. The number of phosphoric ester groups is 1. The fraction of sp³-hybridized carbons (Fsp3) is 0.667. The molecule has 1 aliphatic rings. The van der Waals surface area contributed by atoms with Gasteiger partial charge in [0.05, 0.1) is 0 Å². The van der Waals surface area contributed by atoms with Gasteiger partial charge in [-0.2, -0.15) is 0 Å². The van der Waals surface area contributed by atoms with E-state index >= 15 is 0 Å². The van der Waals surface area contributed by atoms with Crippen molar-refractivity contribution >= 4 is 19.8 Å². The molecule has 1 heterocycles. The number of aliphatic hydroxyl groups is 4. The van der Waals surface area contributed by atoms with Crippen molar-refractivity contribution in [3.63, 3.8) is 0 Å². The van der Waals surface area contributed by atoms with E-state index in [1.54, 1.807) is 0 Å². The van der Waals surface area contributed by atoms with Crippen molar-refractivity contribution < 1.29 is 48.5 Å². The Morgan fingerprint density at radius 1 is 0.882 bits per heavy atom. The third-order valence-electron chi connectivity index (χ3n) is 1.89. The number of rotatable bonds is 0. The molecular formula is C6H9O10P. The van der Waals surface area contributed by atoms with Gasteiger partial charge in [0.25, 0.3) is 0 Å². The van der Waals surface area contributed by atoms with Gasteiger partial charge in [-0.3, -0.25) is 4.89 Å². The third-order valence-corrected chi connectivity index (χ3v) is 2.71. The van der Waals surface area contributed by atoms with Crippen LogP contribution in [0.3, 0.4) is 0 Å². The van der Waals surface area contributed by atoms with Gasteiger partial charge in [-0.15, -0.1) is 0 Å². The molecule has 4 unspecified atom stereocenters. The van der Waals surface area contributed by atoms with E-state index in [2.05, 4.69) is 9.05 Å². The van der Waals surface area contributed by atoms with Crippen LogP contribution in [0.15, 0.2) is 0 Å². The number of aliphatic hydroxyl groups excluding tert-OH is 4. The van der Waals surface area contributed by atoms with Crippen molar-refractivity contribution in [2.24, 2.45) is 0 Å². The van der Waals surface area contributed by atoms with Crippen LogP contribution in [-0.2, 0) is 23.2 Å². The fourth-order valence-electron chi connectivity index (χ4n) is 1.01. The van der Waals surface area contributed by atoms with E-state index in [4.69, 9.17) is 25.3 Å². The summed E-state index contributed by atoms with van der Waals surface area (Å²) in [6, 6.07) is 0. The van der Waals surface area contributed by atoms with Crippen LogP contribution in [0.4, 0.5) is 0 Å². The number of carbonyl (C=O) groups excluding carboxylic acids is 2. The second kappa shape index (κ2) is 4.69. The molecular weight excluding hydrogens is 263 g/mol. The molecule has 1 rings (SSSR count). The lowest BCUT2D eigenvalue weighted by Gasteiger charge is -2.21. The van der Waals surface area contributed by atoms with Gasteiger partial charge in [-0.25, -0.2) is 14.2 Å². The van der Waals surface area contributed by atoms with Gasteiger partial charge < -0.3 is 29.5 Å². The zero-order chi connectivity index (χ0) is 13.4. The van der Waals surface area contributed by atoms with Crippen LogP contribution in [0.2, 0.25) is 0 Å². The minimum absolute atomic E-state index is 1.79. The summed E-state index contributed by atoms with van der Waals surface area (Å²) in [7, 11) is -5.17. The Labute approximate surface area is 93.6 Å². The number of hydrogen-bond acceptors (Lipinski definition) is 9. The van der Waals surface area contributed by atoms with Crippen molar-refractivity contribution in [1.82, 2.24) is 0 Å². The Kier molecular flexibility index (Phi) is 3.87. The molecule has 0 spiro atoms. The first kappa shape index (κ1) is 14.0. The molecule has 0 radical (unpaired) electrons. The Bertz CT molecular complexity index is 347. The quantitative estimate of drug-likeness (QED) is 0.280. The monoisotopic (exact) mass is 272 g/mol. The number of phosphoric acid groups is 1. The number of hydrogen-bond donors (Lipinski definition) is 5. The van der Waals surface area contributed by atoms with Gasteiger partial charge in [-0.05, 0) is 0 Å². The van der Waals surface area contributed by atoms with Crippen LogP contribution >= 0.6 is 7.82 Å². The topological polar surface area (TPSA) is 171 Å². The van der Waals surface area contributed by atoms with Gasteiger partial charge in [0, 0.05) is 0 Å². The highest BCUT2D eigenvalue weighted by molar-refractivity contribution is 7.48. The van der Waals surface area contributed by atoms with Gasteiger partial charge in [0.1, 0.15) is 12.2 Å². The Balaban J connectivity index is 3.10. The van der Waals surface area contributed by atoms with Crippen molar-refractivity contribution in [2.45, 2.75) is 24.4 Å². The zero-order valence-corrected chi connectivity index (χ0v) is 8.93. The van der Waals surface area contributed by atoms with Crippen LogP contribution in [-0.4, -0.2) is 61.7 Å². The maximum atomic E-state index is 11.0. The molecule has 5 N–H and O–H groups in total. The lowest BCUT2D eigenvalue weighted by molar-refractivity contribution is -0.164. The second-order valence-corrected chi connectivity index (χ2v) is 4.46. The molecule has 0 bridgehead atoms. The van der Waals surface area contributed by atoms with Crippen LogP contribution < -0.4 is 0 Å². The summed E-state index contributed by atoms with van der Waals surface area (Å²) >= 11 is 0. The molecule has 17 heavy (non-hydrogen) atoms. The first-order valence-corrected chi connectivity index (χ1v) is 5.67. The van der Waals surface area contributed by atoms with E-state index in [9.17, 15) is 14.2 Å². The van der Waals surface area contributed by atoms with E-state index in [-0.39, 0.29) is 0 Å². The third kappa shape index (κ3) is 3.00. The first-order valence-electron chi connectivity index (χ1n) is 4.17.